The summed E-state index contributed by atoms with van der Waals surface area (Å²) in [5.74, 6) is 1.85. The average Bonchev–Trinajstić information content (AvgIpc) is 2.62. The van der Waals surface area contributed by atoms with Gasteiger partial charge in [0, 0.05) is 18.3 Å². The highest BCUT2D eigenvalue weighted by Gasteiger charge is 2.17. The number of hydrogen-bond acceptors (Lipinski definition) is 3. The number of nitrogens with zero attached hydrogens (tertiary/aromatic N) is 2. The minimum absolute atomic E-state index is 0.468. The third kappa shape index (κ3) is 2.30. The molecule has 0 fully saturated rings. The molecule has 0 atom stereocenters. The molecule has 4 heteroatoms. The van der Waals surface area contributed by atoms with Crippen LogP contribution < -0.4 is 10.5 Å². The van der Waals surface area contributed by atoms with Crippen molar-refractivity contribution in [2.45, 2.75) is 26.7 Å². The predicted molar refractivity (Wildman–Crippen MR) is 78.4 cm³/mol. The van der Waals surface area contributed by atoms with Crippen LogP contribution in [-0.2, 0) is 7.05 Å². The quantitative estimate of drug-likeness (QED) is 0.921. The summed E-state index contributed by atoms with van der Waals surface area (Å²) >= 11 is 0. The number of benzene rings is 1. The van der Waals surface area contributed by atoms with Crippen LogP contribution in [0, 0.1) is 6.92 Å². The molecule has 102 valence electrons. The predicted octanol–water partition coefficient (Wildman–Crippen LogP) is 3.11. The van der Waals surface area contributed by atoms with Gasteiger partial charge in [-0.2, -0.15) is 5.10 Å². The van der Waals surface area contributed by atoms with Gasteiger partial charge in [0.25, 0.3) is 0 Å². The number of nitrogen functional groups attached to an aromatic ring is 1. The second-order valence-electron chi connectivity index (χ2n) is 5.08. The maximum absolute atomic E-state index is 6.01. The lowest BCUT2D eigenvalue weighted by Gasteiger charge is -2.13. The molecule has 1 aromatic heterocycles. The van der Waals surface area contributed by atoms with Crippen molar-refractivity contribution in [2.75, 3.05) is 12.8 Å². The number of anilines is 1. The first-order valence-corrected chi connectivity index (χ1v) is 6.43. The zero-order valence-electron chi connectivity index (χ0n) is 12.2. The van der Waals surface area contributed by atoms with Crippen LogP contribution >= 0.6 is 0 Å². The van der Waals surface area contributed by atoms with Crippen LogP contribution in [0.15, 0.2) is 18.2 Å². The summed E-state index contributed by atoms with van der Waals surface area (Å²) in [6.07, 6.45) is 0. The highest BCUT2D eigenvalue weighted by molar-refractivity contribution is 5.81. The van der Waals surface area contributed by atoms with Gasteiger partial charge in [-0.25, -0.2) is 0 Å². The zero-order chi connectivity index (χ0) is 14.2. The highest BCUT2D eigenvalue weighted by atomic mass is 16.5. The molecule has 0 saturated carbocycles. The molecule has 0 unspecified atom stereocenters. The Hall–Kier alpha value is -1.97. The molecule has 0 bridgehead atoms. The molecule has 2 rings (SSSR count). The summed E-state index contributed by atoms with van der Waals surface area (Å²) in [4.78, 5) is 0. The molecule has 0 radical (unpaired) electrons. The van der Waals surface area contributed by atoms with Crippen molar-refractivity contribution in [3.8, 4) is 16.9 Å². The standard InChI is InChI=1S/C15H21N3O/c1-9(2)11-6-7-12(13(8-11)19-5)14-10(3)18(4)17-15(14)16/h6-9H,1-5H3,(H2,16,17). The van der Waals surface area contributed by atoms with Crippen LogP contribution in [0.25, 0.3) is 11.1 Å². The summed E-state index contributed by atoms with van der Waals surface area (Å²) in [6, 6.07) is 6.26. The second kappa shape index (κ2) is 4.96. The Balaban J connectivity index is 2.62. The SMILES string of the molecule is COc1cc(C(C)C)ccc1-c1c(N)nn(C)c1C. The van der Waals surface area contributed by atoms with Crippen molar-refractivity contribution in [3.05, 3.63) is 29.5 Å². The van der Waals surface area contributed by atoms with Crippen LogP contribution in [0.4, 0.5) is 5.82 Å². The number of ether oxygens (including phenoxy) is 1. The van der Waals surface area contributed by atoms with E-state index in [-0.39, 0.29) is 0 Å². The Labute approximate surface area is 114 Å². The molecule has 0 spiro atoms. The molecule has 2 aromatic rings. The average molecular weight is 259 g/mol. The first kappa shape index (κ1) is 13.5. The topological polar surface area (TPSA) is 53.1 Å². The Morgan fingerprint density at radius 3 is 2.47 bits per heavy atom. The lowest BCUT2D eigenvalue weighted by atomic mass is 9.97. The fraction of sp³-hybridized carbons (Fsp3) is 0.400. The van der Waals surface area contributed by atoms with Gasteiger partial charge in [0.1, 0.15) is 5.75 Å². The summed E-state index contributed by atoms with van der Waals surface area (Å²) in [5, 5.41) is 4.26. The molecule has 19 heavy (non-hydrogen) atoms. The molecule has 0 saturated heterocycles. The summed E-state index contributed by atoms with van der Waals surface area (Å²) < 4.78 is 7.31. The van der Waals surface area contributed by atoms with Crippen molar-refractivity contribution in [3.63, 3.8) is 0 Å². The maximum atomic E-state index is 6.01. The molecule has 0 aliphatic heterocycles. The minimum Gasteiger partial charge on any atom is -0.496 e. The smallest absolute Gasteiger partial charge is 0.153 e. The van der Waals surface area contributed by atoms with Crippen molar-refractivity contribution in [2.24, 2.45) is 7.05 Å². The van der Waals surface area contributed by atoms with Gasteiger partial charge in [0.05, 0.1) is 12.7 Å². The van der Waals surface area contributed by atoms with Gasteiger partial charge < -0.3 is 10.5 Å². The Kier molecular flexibility index (Phi) is 3.51. The molecule has 0 aliphatic rings. The first-order chi connectivity index (χ1) is 8.95. The van der Waals surface area contributed by atoms with E-state index in [4.69, 9.17) is 10.5 Å². The summed E-state index contributed by atoms with van der Waals surface area (Å²) in [5.41, 5.74) is 10.2. The van der Waals surface area contributed by atoms with E-state index in [1.54, 1.807) is 11.8 Å². The summed E-state index contributed by atoms with van der Waals surface area (Å²) in [7, 11) is 3.58. The number of rotatable bonds is 3. The lowest BCUT2D eigenvalue weighted by molar-refractivity contribution is 0.415. The molecule has 0 aliphatic carbocycles. The molecule has 1 heterocycles. The van der Waals surface area contributed by atoms with Crippen molar-refractivity contribution in [1.29, 1.82) is 0 Å². The van der Waals surface area contributed by atoms with Crippen LogP contribution in [-0.4, -0.2) is 16.9 Å². The normalized spacial score (nSPS) is 11.1. The lowest BCUT2D eigenvalue weighted by Crippen LogP contribution is -1.95. The van der Waals surface area contributed by atoms with E-state index < -0.39 is 0 Å². The number of hydrogen-bond donors (Lipinski definition) is 1. The van der Waals surface area contributed by atoms with Gasteiger partial charge in [-0.1, -0.05) is 26.0 Å². The van der Waals surface area contributed by atoms with Crippen LogP contribution in [0.2, 0.25) is 0 Å². The molecule has 0 amide bonds. The number of aryl methyl sites for hydroxylation is 1. The monoisotopic (exact) mass is 259 g/mol. The largest absolute Gasteiger partial charge is 0.496 e. The van der Waals surface area contributed by atoms with Crippen LogP contribution in [0.5, 0.6) is 5.75 Å². The van der Waals surface area contributed by atoms with Crippen LogP contribution in [0.3, 0.4) is 0 Å². The maximum Gasteiger partial charge on any atom is 0.153 e. The van der Waals surface area contributed by atoms with Gasteiger partial charge in [0.15, 0.2) is 5.82 Å². The first-order valence-electron chi connectivity index (χ1n) is 6.43. The summed E-state index contributed by atoms with van der Waals surface area (Å²) in [6.45, 7) is 6.34. The molecule has 4 nitrogen and oxygen atoms in total. The Bertz CT molecular complexity index is 600. The highest BCUT2D eigenvalue weighted by Crippen LogP contribution is 2.37. The molecular formula is C15H21N3O. The van der Waals surface area contributed by atoms with E-state index in [2.05, 4.69) is 37.1 Å². The third-order valence-corrected chi connectivity index (χ3v) is 3.52. The number of aromatic nitrogens is 2. The van der Waals surface area contributed by atoms with E-state index in [0.29, 0.717) is 11.7 Å². The molecule has 1 aromatic carbocycles. The van der Waals surface area contributed by atoms with E-state index in [0.717, 1.165) is 22.6 Å². The van der Waals surface area contributed by atoms with Gasteiger partial charge >= 0.3 is 0 Å². The number of methoxy groups -OCH3 is 1. The van der Waals surface area contributed by atoms with Gasteiger partial charge in [-0.3, -0.25) is 4.68 Å². The zero-order valence-corrected chi connectivity index (χ0v) is 12.2. The van der Waals surface area contributed by atoms with E-state index in [1.807, 2.05) is 14.0 Å². The van der Waals surface area contributed by atoms with Crippen molar-refractivity contribution in [1.82, 2.24) is 9.78 Å². The molecule has 2 N–H and O–H groups in total. The Morgan fingerprint density at radius 2 is 2.00 bits per heavy atom. The van der Waals surface area contributed by atoms with Crippen LogP contribution in [0.1, 0.15) is 31.0 Å². The van der Waals surface area contributed by atoms with Gasteiger partial charge in [-0.15, -0.1) is 0 Å². The van der Waals surface area contributed by atoms with Crippen molar-refractivity contribution < 1.29 is 4.74 Å². The van der Waals surface area contributed by atoms with Gasteiger partial charge in [-0.05, 0) is 24.5 Å². The fourth-order valence-corrected chi connectivity index (χ4v) is 2.24. The fourth-order valence-electron chi connectivity index (χ4n) is 2.24. The van der Waals surface area contributed by atoms with Gasteiger partial charge in [0.2, 0.25) is 0 Å². The third-order valence-electron chi connectivity index (χ3n) is 3.52. The molecular weight excluding hydrogens is 238 g/mol. The van der Waals surface area contributed by atoms with Crippen molar-refractivity contribution >= 4 is 5.82 Å². The second-order valence-corrected chi connectivity index (χ2v) is 5.08. The van der Waals surface area contributed by atoms with E-state index in [9.17, 15) is 0 Å². The van der Waals surface area contributed by atoms with E-state index >= 15 is 0 Å². The minimum atomic E-state index is 0.468. The number of nitrogens with two attached hydrogens (primary N) is 1. The van der Waals surface area contributed by atoms with E-state index in [1.165, 1.54) is 5.56 Å². The Morgan fingerprint density at radius 1 is 1.32 bits per heavy atom.